The Labute approximate surface area is 226 Å². The number of hydrogen-bond acceptors (Lipinski definition) is 8. The molecule has 200 valence electrons. The van der Waals surface area contributed by atoms with Crippen molar-refractivity contribution in [2.45, 2.75) is 69.2 Å². The first-order chi connectivity index (χ1) is 18.5. The van der Waals surface area contributed by atoms with Crippen LogP contribution in [-0.4, -0.2) is 62.1 Å². The number of fused-ring (bicyclic) bond motifs is 2. The highest BCUT2D eigenvalue weighted by molar-refractivity contribution is 6.30. The lowest BCUT2D eigenvalue weighted by Crippen LogP contribution is -2.44. The third kappa shape index (κ3) is 4.18. The summed E-state index contributed by atoms with van der Waals surface area (Å²) >= 11 is 6.50. The third-order valence-electron chi connectivity index (χ3n) is 9.02. The number of rotatable bonds is 5. The molecule has 2 aromatic heterocycles. The number of likely N-dealkylation sites (tertiary alicyclic amines) is 1. The number of piperidine rings is 1. The van der Waals surface area contributed by atoms with Crippen LogP contribution in [0.5, 0.6) is 0 Å². The van der Waals surface area contributed by atoms with Crippen molar-refractivity contribution in [1.82, 2.24) is 29.9 Å². The van der Waals surface area contributed by atoms with Crippen LogP contribution in [0.4, 0.5) is 27.7 Å². The molecule has 0 radical (unpaired) electrons. The number of nitrogens with one attached hydrogen (secondary N) is 1. The van der Waals surface area contributed by atoms with Crippen molar-refractivity contribution >= 4 is 34.9 Å². The van der Waals surface area contributed by atoms with E-state index in [1.165, 1.54) is 32.0 Å². The molecule has 38 heavy (non-hydrogen) atoms. The molecule has 8 rings (SSSR count). The van der Waals surface area contributed by atoms with Crippen LogP contribution in [0, 0.1) is 5.82 Å². The second kappa shape index (κ2) is 9.64. The van der Waals surface area contributed by atoms with E-state index < -0.39 is 0 Å². The minimum absolute atomic E-state index is 0.108. The molecule has 4 heterocycles. The minimum atomic E-state index is -0.255. The average Bonchev–Trinajstić information content (AvgIpc) is 3.60. The Morgan fingerprint density at radius 1 is 0.921 bits per heavy atom. The number of hydrogen-bond donors (Lipinski definition) is 2. The van der Waals surface area contributed by atoms with E-state index in [1.807, 2.05) is 12.1 Å². The highest BCUT2D eigenvalue weighted by Gasteiger charge is 2.38. The van der Waals surface area contributed by atoms with Gasteiger partial charge in [0, 0.05) is 35.9 Å². The smallest absolute Gasteiger partial charge is 0.241 e. The molecule has 9 nitrogen and oxygen atoms in total. The van der Waals surface area contributed by atoms with Gasteiger partial charge in [-0.15, -0.1) is 15.3 Å². The molecule has 5 aliphatic rings. The Balaban J connectivity index is 1.13. The normalized spacial score (nSPS) is 23.7. The SMILES string of the molecule is Nc1nc(Nc2ccc(N3CCC(N4CCCC4)CC3)c(F)c2)n(-c2nnc(Cl)c3c2C2CCC3CC2)n1. The summed E-state index contributed by atoms with van der Waals surface area (Å²) in [6.45, 7) is 4.16. The highest BCUT2D eigenvalue weighted by Crippen LogP contribution is 2.52. The van der Waals surface area contributed by atoms with Gasteiger partial charge in [0.25, 0.3) is 0 Å². The molecule has 3 fully saturated rings. The lowest BCUT2D eigenvalue weighted by Gasteiger charge is -2.38. The summed E-state index contributed by atoms with van der Waals surface area (Å²) < 4.78 is 16.9. The first-order valence-corrected chi connectivity index (χ1v) is 14.3. The van der Waals surface area contributed by atoms with E-state index in [1.54, 1.807) is 4.68 Å². The Kier molecular flexibility index (Phi) is 6.11. The average molecular weight is 538 g/mol. The molecule has 0 atom stereocenters. The van der Waals surface area contributed by atoms with Gasteiger partial charge >= 0.3 is 0 Å². The molecular formula is C27H33ClFN9. The molecule has 3 N–H and O–H groups in total. The molecule has 1 saturated carbocycles. The number of anilines is 4. The fourth-order valence-electron chi connectivity index (χ4n) is 7.15. The van der Waals surface area contributed by atoms with E-state index in [2.05, 4.69) is 35.4 Å². The van der Waals surface area contributed by atoms with Crippen LogP contribution in [0.25, 0.3) is 5.82 Å². The highest BCUT2D eigenvalue weighted by atomic mass is 35.5. The van der Waals surface area contributed by atoms with E-state index >= 15 is 4.39 Å². The van der Waals surface area contributed by atoms with Crippen LogP contribution in [-0.2, 0) is 0 Å². The lowest BCUT2D eigenvalue weighted by molar-refractivity contribution is 0.207. The first kappa shape index (κ1) is 24.1. The fraction of sp³-hybridized carbons (Fsp3) is 0.556. The van der Waals surface area contributed by atoms with E-state index in [0.717, 1.165) is 62.7 Å². The van der Waals surface area contributed by atoms with Gasteiger partial charge in [0.05, 0.1) is 5.69 Å². The van der Waals surface area contributed by atoms with Gasteiger partial charge in [0.1, 0.15) is 5.82 Å². The molecule has 2 bridgehead atoms. The molecule has 1 aromatic carbocycles. The second-order valence-electron chi connectivity index (χ2n) is 11.1. The summed E-state index contributed by atoms with van der Waals surface area (Å²) in [6.07, 6.45) is 9.20. The largest absolute Gasteiger partial charge is 0.369 e. The van der Waals surface area contributed by atoms with Crippen molar-refractivity contribution in [2.75, 3.05) is 42.1 Å². The molecule has 0 unspecified atom stereocenters. The van der Waals surface area contributed by atoms with Crippen molar-refractivity contribution in [2.24, 2.45) is 0 Å². The van der Waals surface area contributed by atoms with E-state index in [0.29, 0.717) is 46.2 Å². The van der Waals surface area contributed by atoms with E-state index in [9.17, 15) is 0 Å². The topological polar surface area (TPSA) is 101 Å². The number of benzene rings is 1. The summed E-state index contributed by atoms with van der Waals surface area (Å²) in [4.78, 5) is 9.15. The van der Waals surface area contributed by atoms with Gasteiger partial charge in [0.2, 0.25) is 11.9 Å². The number of nitrogens with zero attached hydrogens (tertiary/aromatic N) is 7. The Morgan fingerprint density at radius 2 is 1.63 bits per heavy atom. The maximum absolute atomic E-state index is 15.3. The zero-order valence-corrected chi connectivity index (χ0v) is 22.2. The monoisotopic (exact) mass is 537 g/mol. The first-order valence-electron chi connectivity index (χ1n) is 13.9. The van der Waals surface area contributed by atoms with Gasteiger partial charge < -0.3 is 20.9 Å². The number of aromatic nitrogens is 5. The predicted molar refractivity (Wildman–Crippen MR) is 146 cm³/mol. The Bertz CT molecular complexity index is 1340. The van der Waals surface area contributed by atoms with Crippen LogP contribution in [0.1, 0.15) is 74.3 Å². The number of halogens is 2. The predicted octanol–water partition coefficient (Wildman–Crippen LogP) is 5.00. The molecule has 3 aromatic rings. The van der Waals surface area contributed by atoms with Crippen molar-refractivity contribution in [3.63, 3.8) is 0 Å². The fourth-order valence-corrected chi connectivity index (χ4v) is 7.45. The van der Waals surface area contributed by atoms with Crippen LogP contribution < -0.4 is 16.0 Å². The van der Waals surface area contributed by atoms with Crippen molar-refractivity contribution in [1.29, 1.82) is 0 Å². The second-order valence-corrected chi connectivity index (χ2v) is 11.5. The lowest BCUT2D eigenvalue weighted by atomic mass is 9.67. The number of nitrogen functional groups attached to an aromatic ring is 1. The van der Waals surface area contributed by atoms with Gasteiger partial charge in [-0.2, -0.15) is 9.67 Å². The summed E-state index contributed by atoms with van der Waals surface area (Å²) in [7, 11) is 0. The molecule has 3 aliphatic carbocycles. The van der Waals surface area contributed by atoms with Crippen LogP contribution in [0.3, 0.4) is 0 Å². The van der Waals surface area contributed by atoms with Gasteiger partial charge in [-0.05, 0) is 94.5 Å². The van der Waals surface area contributed by atoms with Crippen molar-refractivity contribution in [3.05, 3.63) is 40.3 Å². The van der Waals surface area contributed by atoms with E-state index in [4.69, 9.17) is 17.3 Å². The maximum atomic E-state index is 15.3. The molecule has 11 heteroatoms. The van der Waals surface area contributed by atoms with Gasteiger partial charge in [-0.25, -0.2) is 4.39 Å². The van der Waals surface area contributed by atoms with Gasteiger partial charge in [0.15, 0.2) is 11.0 Å². The molecular weight excluding hydrogens is 505 g/mol. The Morgan fingerprint density at radius 3 is 2.34 bits per heavy atom. The third-order valence-corrected chi connectivity index (χ3v) is 9.30. The number of nitrogens with two attached hydrogens (primary N) is 1. The standard InChI is InChI=1S/C27H33ClFN9/c28-24-22-16-3-5-17(6-4-16)23(22)25(34-33-24)38-27(32-26(30)35-38)31-18-7-8-21(20(29)15-18)37-13-9-19(10-14-37)36-11-1-2-12-36/h7-8,15-17,19H,1-6,9-14H2,(H3,30,31,32,35). The quantitative estimate of drug-likeness (QED) is 0.469. The van der Waals surface area contributed by atoms with Gasteiger partial charge in [-0.1, -0.05) is 11.6 Å². The molecule has 2 saturated heterocycles. The maximum Gasteiger partial charge on any atom is 0.241 e. The van der Waals surface area contributed by atoms with Gasteiger partial charge in [-0.3, -0.25) is 0 Å². The summed E-state index contributed by atoms with van der Waals surface area (Å²) in [5, 5.41) is 16.8. The summed E-state index contributed by atoms with van der Waals surface area (Å²) in [5.74, 6) is 1.59. The van der Waals surface area contributed by atoms with Crippen LogP contribution in [0.2, 0.25) is 5.15 Å². The van der Waals surface area contributed by atoms with Crippen molar-refractivity contribution in [3.8, 4) is 5.82 Å². The van der Waals surface area contributed by atoms with Crippen LogP contribution in [0.15, 0.2) is 18.2 Å². The zero-order valence-electron chi connectivity index (χ0n) is 21.4. The molecule has 2 aliphatic heterocycles. The minimum Gasteiger partial charge on any atom is -0.369 e. The van der Waals surface area contributed by atoms with Crippen LogP contribution >= 0.6 is 11.6 Å². The summed E-state index contributed by atoms with van der Waals surface area (Å²) in [6, 6.07) is 5.88. The Hall–Kier alpha value is -2.98. The zero-order chi connectivity index (χ0) is 25.8. The molecule has 0 spiro atoms. The summed E-state index contributed by atoms with van der Waals surface area (Å²) in [5.41, 5.74) is 9.42. The van der Waals surface area contributed by atoms with Crippen molar-refractivity contribution < 1.29 is 4.39 Å². The van der Waals surface area contributed by atoms with E-state index in [-0.39, 0.29) is 11.8 Å². The molecule has 0 amide bonds.